The van der Waals surface area contributed by atoms with Gasteiger partial charge >= 0.3 is 0 Å². The second kappa shape index (κ2) is 4.38. The van der Waals surface area contributed by atoms with Crippen molar-refractivity contribution < 1.29 is 4.79 Å². The van der Waals surface area contributed by atoms with Gasteiger partial charge in [-0.25, -0.2) is 0 Å². The molecule has 4 heteroatoms. The van der Waals surface area contributed by atoms with Crippen LogP contribution in [0, 0.1) is 0 Å². The van der Waals surface area contributed by atoms with Crippen molar-refractivity contribution in [3.05, 3.63) is 0 Å². The average Bonchev–Trinajstić information content (AvgIpc) is 2.03. The van der Waals surface area contributed by atoms with Crippen molar-refractivity contribution in [1.82, 2.24) is 5.32 Å². The van der Waals surface area contributed by atoms with Crippen LogP contribution in [-0.4, -0.2) is 29.3 Å². The lowest BCUT2D eigenvalue weighted by molar-refractivity contribution is -0.118. The van der Waals surface area contributed by atoms with Gasteiger partial charge in [-0.3, -0.25) is 4.79 Å². The molecular weight excluding hydrogens is 194 g/mol. The molecule has 12 heavy (non-hydrogen) atoms. The molecule has 0 atom stereocenters. The van der Waals surface area contributed by atoms with E-state index < -0.39 is 0 Å². The molecule has 0 bridgehead atoms. The predicted octanol–water partition coefficient (Wildman–Crippen LogP) is 1.63. The number of carbonyl (C=O) groups excluding carboxylic acids is 1. The highest BCUT2D eigenvalue weighted by molar-refractivity contribution is 8.00. The first-order valence-electron chi connectivity index (χ1n) is 4.10. The van der Waals surface area contributed by atoms with Crippen LogP contribution in [0.4, 0.5) is 0 Å². The number of thioether (sulfide) groups is 1. The van der Waals surface area contributed by atoms with E-state index in [9.17, 15) is 4.79 Å². The summed E-state index contributed by atoms with van der Waals surface area (Å²) in [5.74, 6) is 0.0155. The second-order valence-corrected chi connectivity index (χ2v) is 4.69. The van der Waals surface area contributed by atoms with Crippen LogP contribution in [0.15, 0.2) is 0 Å². The van der Waals surface area contributed by atoms with Crippen LogP contribution in [-0.2, 0) is 4.79 Å². The van der Waals surface area contributed by atoms with Crippen LogP contribution in [0.2, 0.25) is 0 Å². The predicted molar refractivity (Wildman–Crippen MR) is 53.8 cm³/mol. The van der Waals surface area contributed by atoms with E-state index in [-0.39, 0.29) is 11.8 Å². The zero-order valence-electron chi connectivity index (χ0n) is 7.23. The summed E-state index contributed by atoms with van der Waals surface area (Å²) in [5, 5.41) is 2.83. The standard InChI is InChI=1S/C8H14ClNOS/c1-12-8(3-2-4-8)6-10-7(11)5-9/h2-6H2,1H3,(H,10,11). The number of carbonyl (C=O) groups is 1. The van der Waals surface area contributed by atoms with E-state index >= 15 is 0 Å². The molecule has 0 aliphatic heterocycles. The quantitative estimate of drug-likeness (QED) is 0.711. The lowest BCUT2D eigenvalue weighted by atomic mass is 9.84. The highest BCUT2D eigenvalue weighted by Crippen LogP contribution is 2.42. The third-order valence-electron chi connectivity index (χ3n) is 2.43. The maximum Gasteiger partial charge on any atom is 0.234 e. The minimum Gasteiger partial charge on any atom is -0.354 e. The second-order valence-electron chi connectivity index (χ2n) is 3.15. The number of hydrogen-bond donors (Lipinski definition) is 1. The van der Waals surface area contributed by atoms with Crippen LogP contribution in [0.3, 0.4) is 0 Å². The first kappa shape index (κ1) is 10.2. The maximum atomic E-state index is 10.9. The lowest BCUT2D eigenvalue weighted by Gasteiger charge is -2.40. The number of rotatable bonds is 4. The summed E-state index contributed by atoms with van der Waals surface area (Å²) in [6.45, 7) is 0.778. The smallest absolute Gasteiger partial charge is 0.234 e. The van der Waals surface area contributed by atoms with E-state index in [4.69, 9.17) is 11.6 Å². The molecule has 2 nitrogen and oxygen atoms in total. The number of amides is 1. The largest absolute Gasteiger partial charge is 0.354 e. The Labute approximate surface area is 82.4 Å². The molecular formula is C8H14ClNOS. The molecule has 0 saturated heterocycles. The Morgan fingerprint density at radius 1 is 1.67 bits per heavy atom. The maximum absolute atomic E-state index is 10.9. The number of nitrogens with one attached hydrogen (secondary N) is 1. The Balaban J connectivity index is 2.24. The fraction of sp³-hybridized carbons (Fsp3) is 0.875. The fourth-order valence-electron chi connectivity index (χ4n) is 1.33. The van der Waals surface area contributed by atoms with Crippen molar-refractivity contribution in [2.24, 2.45) is 0 Å². The molecule has 0 aromatic carbocycles. The third-order valence-corrected chi connectivity index (χ3v) is 4.09. The number of alkyl halides is 1. The first-order valence-corrected chi connectivity index (χ1v) is 5.86. The van der Waals surface area contributed by atoms with Crippen LogP contribution in [0.1, 0.15) is 19.3 Å². The molecule has 1 fully saturated rings. The first-order chi connectivity index (χ1) is 5.72. The minimum absolute atomic E-state index is 0.0583. The highest BCUT2D eigenvalue weighted by atomic mass is 35.5. The van der Waals surface area contributed by atoms with Crippen molar-refractivity contribution in [2.75, 3.05) is 18.7 Å². The zero-order chi connectivity index (χ0) is 9.03. The summed E-state index contributed by atoms with van der Waals surface area (Å²) in [6.07, 6.45) is 5.83. The Morgan fingerprint density at radius 3 is 2.67 bits per heavy atom. The van der Waals surface area contributed by atoms with Gasteiger partial charge in [0, 0.05) is 11.3 Å². The van der Waals surface area contributed by atoms with Gasteiger partial charge in [0.15, 0.2) is 0 Å². The van der Waals surface area contributed by atoms with Gasteiger partial charge in [0.05, 0.1) is 0 Å². The van der Waals surface area contributed by atoms with Gasteiger partial charge < -0.3 is 5.32 Å². The van der Waals surface area contributed by atoms with E-state index in [1.165, 1.54) is 19.3 Å². The monoisotopic (exact) mass is 207 g/mol. The molecule has 0 unspecified atom stereocenters. The van der Waals surface area contributed by atoms with Gasteiger partial charge in [0.1, 0.15) is 5.88 Å². The molecule has 1 amide bonds. The van der Waals surface area contributed by atoms with Gasteiger partial charge in [-0.2, -0.15) is 11.8 Å². The van der Waals surface area contributed by atoms with E-state index in [2.05, 4.69) is 11.6 Å². The van der Waals surface area contributed by atoms with E-state index in [0.29, 0.717) is 4.75 Å². The molecule has 0 radical (unpaired) electrons. The molecule has 1 N–H and O–H groups in total. The summed E-state index contributed by atoms with van der Waals surface area (Å²) < 4.78 is 0.321. The molecule has 70 valence electrons. The summed E-state index contributed by atoms with van der Waals surface area (Å²) in [7, 11) is 0. The fourth-order valence-corrected chi connectivity index (χ4v) is 2.34. The normalized spacial score (nSPS) is 19.8. The van der Waals surface area contributed by atoms with Gasteiger partial charge in [-0.05, 0) is 19.1 Å². The van der Waals surface area contributed by atoms with Crippen molar-refractivity contribution in [3.8, 4) is 0 Å². The molecule has 1 aliphatic carbocycles. The van der Waals surface area contributed by atoms with Crippen LogP contribution >= 0.6 is 23.4 Å². The van der Waals surface area contributed by atoms with Crippen LogP contribution < -0.4 is 5.32 Å². The number of halogens is 1. The van der Waals surface area contributed by atoms with Crippen molar-refractivity contribution in [3.63, 3.8) is 0 Å². The van der Waals surface area contributed by atoms with Crippen molar-refractivity contribution >= 4 is 29.3 Å². The molecule has 1 saturated carbocycles. The van der Waals surface area contributed by atoms with Crippen molar-refractivity contribution in [1.29, 1.82) is 0 Å². The highest BCUT2D eigenvalue weighted by Gasteiger charge is 2.36. The Kier molecular flexibility index (Phi) is 3.72. The van der Waals surface area contributed by atoms with Gasteiger partial charge in [0.25, 0.3) is 0 Å². The Morgan fingerprint density at radius 2 is 2.33 bits per heavy atom. The van der Waals surface area contributed by atoms with Crippen molar-refractivity contribution in [2.45, 2.75) is 24.0 Å². The Bertz CT molecular complexity index is 165. The summed E-state index contributed by atoms with van der Waals surface area (Å²) in [6, 6.07) is 0. The van der Waals surface area contributed by atoms with Crippen LogP contribution in [0.5, 0.6) is 0 Å². The van der Waals surface area contributed by atoms with Gasteiger partial charge in [0.2, 0.25) is 5.91 Å². The molecule has 0 spiro atoms. The van der Waals surface area contributed by atoms with Crippen LogP contribution in [0.25, 0.3) is 0 Å². The number of hydrogen-bond acceptors (Lipinski definition) is 2. The third kappa shape index (κ3) is 2.30. The van der Waals surface area contributed by atoms with Gasteiger partial charge in [-0.1, -0.05) is 6.42 Å². The summed E-state index contributed by atoms with van der Waals surface area (Å²) >= 11 is 7.22. The van der Waals surface area contributed by atoms with E-state index in [1.54, 1.807) is 0 Å². The molecule has 1 rings (SSSR count). The topological polar surface area (TPSA) is 29.1 Å². The SMILES string of the molecule is CSC1(CNC(=O)CCl)CCC1. The summed E-state index contributed by atoms with van der Waals surface area (Å²) in [4.78, 5) is 10.9. The molecule has 0 aromatic rings. The summed E-state index contributed by atoms with van der Waals surface area (Å²) in [5.41, 5.74) is 0. The molecule has 0 heterocycles. The van der Waals surface area contributed by atoms with E-state index in [1.807, 2.05) is 11.8 Å². The average molecular weight is 208 g/mol. The van der Waals surface area contributed by atoms with E-state index in [0.717, 1.165) is 6.54 Å². The molecule has 1 aliphatic rings. The molecule has 0 aromatic heterocycles. The van der Waals surface area contributed by atoms with Gasteiger partial charge in [-0.15, -0.1) is 11.6 Å². The zero-order valence-corrected chi connectivity index (χ0v) is 8.80. The lowest BCUT2D eigenvalue weighted by Crippen LogP contribution is -2.45. The minimum atomic E-state index is -0.0583. The Hall–Kier alpha value is 0.110.